The van der Waals surface area contributed by atoms with E-state index in [0.717, 1.165) is 5.56 Å². The lowest BCUT2D eigenvalue weighted by atomic mass is 10.1. The number of rotatable bonds is 8. The van der Waals surface area contributed by atoms with Crippen molar-refractivity contribution in [3.8, 4) is 5.75 Å². The molecule has 1 aromatic carbocycles. The second-order valence-corrected chi connectivity index (χ2v) is 6.53. The number of alkyl halides is 3. The van der Waals surface area contributed by atoms with Crippen molar-refractivity contribution in [1.29, 1.82) is 0 Å². The van der Waals surface area contributed by atoms with Crippen LogP contribution in [0.3, 0.4) is 0 Å². The van der Waals surface area contributed by atoms with Gasteiger partial charge in [-0.25, -0.2) is 4.99 Å². The minimum Gasteiger partial charge on any atom is -0.484 e. The number of hydrogen-bond donors (Lipinski definition) is 2. The van der Waals surface area contributed by atoms with Gasteiger partial charge in [0.15, 0.2) is 12.6 Å². The lowest BCUT2D eigenvalue weighted by Crippen LogP contribution is -2.45. The van der Waals surface area contributed by atoms with Crippen LogP contribution in [-0.2, 0) is 11.3 Å². The molecule has 0 aromatic heterocycles. The van der Waals surface area contributed by atoms with Crippen molar-refractivity contribution < 1.29 is 22.6 Å². The second kappa shape index (κ2) is 11.6. The van der Waals surface area contributed by atoms with Gasteiger partial charge in [0.25, 0.3) is 0 Å². The first-order valence-corrected chi connectivity index (χ1v) is 8.42. The highest BCUT2D eigenvalue weighted by atomic mass is 127. The fourth-order valence-electron chi connectivity index (χ4n) is 1.96. The molecule has 1 rings (SSSR count). The van der Waals surface area contributed by atoms with Gasteiger partial charge in [0.1, 0.15) is 5.75 Å². The maximum atomic E-state index is 12.4. The lowest BCUT2D eigenvalue weighted by molar-refractivity contribution is -0.153. The van der Waals surface area contributed by atoms with E-state index in [1.165, 1.54) is 0 Å². The van der Waals surface area contributed by atoms with Crippen molar-refractivity contribution in [1.82, 2.24) is 10.6 Å². The maximum absolute atomic E-state index is 12.4. The van der Waals surface area contributed by atoms with Gasteiger partial charge in [-0.05, 0) is 39.3 Å². The summed E-state index contributed by atoms with van der Waals surface area (Å²) >= 11 is 0. The van der Waals surface area contributed by atoms with E-state index in [0.29, 0.717) is 24.6 Å². The molecule has 0 saturated carbocycles. The Hall–Kier alpha value is -1.23. The van der Waals surface area contributed by atoms with Crippen LogP contribution in [0.25, 0.3) is 0 Å². The third-order valence-corrected chi connectivity index (χ3v) is 3.60. The van der Waals surface area contributed by atoms with Gasteiger partial charge in [0, 0.05) is 25.8 Å². The molecule has 0 amide bonds. The van der Waals surface area contributed by atoms with Gasteiger partial charge in [-0.3, -0.25) is 0 Å². The lowest BCUT2D eigenvalue weighted by Gasteiger charge is -2.24. The fourth-order valence-corrected chi connectivity index (χ4v) is 1.96. The van der Waals surface area contributed by atoms with Gasteiger partial charge in [-0.2, -0.15) is 13.2 Å². The average molecular weight is 503 g/mol. The Balaban J connectivity index is 0.00000676. The van der Waals surface area contributed by atoms with Gasteiger partial charge in [-0.1, -0.05) is 12.1 Å². The number of methoxy groups -OCH3 is 1. The summed E-state index contributed by atoms with van der Waals surface area (Å²) in [5.41, 5.74) is 1.03. The van der Waals surface area contributed by atoms with Crippen LogP contribution in [0.4, 0.5) is 13.2 Å². The van der Waals surface area contributed by atoms with Crippen LogP contribution in [-0.4, -0.2) is 44.5 Å². The molecule has 0 spiro atoms. The standard InChI is InChI=1S/C18H28F3N3O2.HI/c1-6-22-16(24-11-17(3,4)25-5)23-10-14-8-7-13(2)9-15(14)26-12-18(19,20)21;/h7-9H,6,10-12H2,1-5H3,(H2,22,23,24);1H. The molecule has 0 heterocycles. The highest BCUT2D eigenvalue weighted by molar-refractivity contribution is 14.0. The van der Waals surface area contributed by atoms with E-state index in [9.17, 15) is 13.2 Å². The summed E-state index contributed by atoms with van der Waals surface area (Å²) in [4.78, 5) is 4.43. The van der Waals surface area contributed by atoms with Crippen LogP contribution in [0, 0.1) is 6.92 Å². The summed E-state index contributed by atoms with van der Waals surface area (Å²) in [5, 5.41) is 6.26. The average Bonchev–Trinajstić information content (AvgIpc) is 2.56. The molecule has 0 fully saturated rings. The Labute approximate surface area is 176 Å². The van der Waals surface area contributed by atoms with E-state index >= 15 is 0 Å². The number of benzene rings is 1. The summed E-state index contributed by atoms with van der Waals surface area (Å²) in [7, 11) is 1.63. The molecule has 0 atom stereocenters. The monoisotopic (exact) mass is 503 g/mol. The van der Waals surface area contributed by atoms with Gasteiger partial charge in [0.05, 0.1) is 12.1 Å². The summed E-state index contributed by atoms with van der Waals surface area (Å²) in [6.07, 6.45) is -4.38. The van der Waals surface area contributed by atoms with Crippen LogP contribution < -0.4 is 15.4 Å². The third-order valence-electron chi connectivity index (χ3n) is 3.60. The van der Waals surface area contributed by atoms with Crippen LogP contribution in [0.15, 0.2) is 23.2 Å². The first-order valence-electron chi connectivity index (χ1n) is 8.42. The molecule has 27 heavy (non-hydrogen) atoms. The largest absolute Gasteiger partial charge is 0.484 e. The quantitative estimate of drug-likeness (QED) is 0.320. The van der Waals surface area contributed by atoms with Crippen molar-refractivity contribution >= 4 is 29.9 Å². The smallest absolute Gasteiger partial charge is 0.422 e. The molecule has 0 aliphatic rings. The zero-order valence-corrected chi connectivity index (χ0v) is 18.7. The molecule has 0 radical (unpaired) electrons. The SMILES string of the molecule is CCNC(=NCc1ccc(C)cc1OCC(F)(F)F)NCC(C)(C)OC.I. The van der Waals surface area contributed by atoms with Crippen LogP contribution in [0.1, 0.15) is 31.9 Å². The van der Waals surface area contributed by atoms with Gasteiger partial charge in [-0.15, -0.1) is 24.0 Å². The minimum absolute atomic E-state index is 0. The predicted octanol–water partition coefficient (Wildman–Crippen LogP) is 4.03. The van der Waals surface area contributed by atoms with Crippen molar-refractivity contribution in [2.75, 3.05) is 26.8 Å². The summed E-state index contributed by atoms with van der Waals surface area (Å²) < 4.78 is 47.7. The number of nitrogens with zero attached hydrogens (tertiary/aromatic N) is 1. The Bertz CT molecular complexity index is 608. The van der Waals surface area contributed by atoms with Gasteiger partial charge in [0.2, 0.25) is 0 Å². The number of ether oxygens (including phenoxy) is 2. The van der Waals surface area contributed by atoms with Crippen molar-refractivity contribution in [3.05, 3.63) is 29.3 Å². The number of nitrogens with one attached hydrogen (secondary N) is 2. The number of aryl methyl sites for hydroxylation is 1. The van der Waals surface area contributed by atoms with Gasteiger partial charge >= 0.3 is 6.18 Å². The normalized spacial score (nSPS) is 12.4. The van der Waals surface area contributed by atoms with Crippen LogP contribution in [0.5, 0.6) is 5.75 Å². The molecule has 156 valence electrons. The molecule has 2 N–H and O–H groups in total. The van der Waals surface area contributed by atoms with E-state index in [2.05, 4.69) is 15.6 Å². The van der Waals surface area contributed by atoms with E-state index < -0.39 is 12.8 Å². The third kappa shape index (κ3) is 10.6. The zero-order chi connectivity index (χ0) is 19.8. The molecule has 1 aromatic rings. The van der Waals surface area contributed by atoms with Crippen molar-refractivity contribution in [3.63, 3.8) is 0 Å². The molecule has 0 bridgehead atoms. The maximum Gasteiger partial charge on any atom is 0.422 e. The Morgan fingerprint density at radius 1 is 1.19 bits per heavy atom. The van der Waals surface area contributed by atoms with Crippen molar-refractivity contribution in [2.45, 2.75) is 46.0 Å². The highest BCUT2D eigenvalue weighted by Crippen LogP contribution is 2.24. The first kappa shape index (κ1) is 25.8. The molecule has 0 saturated heterocycles. The summed E-state index contributed by atoms with van der Waals surface area (Å²) in [6.45, 7) is 7.66. The van der Waals surface area contributed by atoms with E-state index in [1.54, 1.807) is 26.2 Å². The zero-order valence-electron chi connectivity index (χ0n) is 16.4. The first-order chi connectivity index (χ1) is 12.1. The topological polar surface area (TPSA) is 54.9 Å². The summed E-state index contributed by atoms with van der Waals surface area (Å²) in [5.74, 6) is 0.749. The Morgan fingerprint density at radius 2 is 1.85 bits per heavy atom. The highest BCUT2D eigenvalue weighted by Gasteiger charge is 2.28. The Kier molecular flexibility index (Phi) is 11.0. The number of guanidine groups is 1. The molecule has 0 aliphatic carbocycles. The van der Waals surface area contributed by atoms with Gasteiger partial charge < -0.3 is 20.1 Å². The molecule has 0 unspecified atom stereocenters. The fraction of sp³-hybridized carbons (Fsp3) is 0.611. The molecule has 5 nitrogen and oxygen atoms in total. The van der Waals surface area contributed by atoms with Crippen LogP contribution >= 0.6 is 24.0 Å². The molecular weight excluding hydrogens is 474 g/mol. The number of halogens is 4. The van der Waals surface area contributed by atoms with Crippen LogP contribution in [0.2, 0.25) is 0 Å². The predicted molar refractivity (Wildman–Crippen MR) is 112 cm³/mol. The van der Waals surface area contributed by atoms with Crippen molar-refractivity contribution in [2.24, 2.45) is 4.99 Å². The summed E-state index contributed by atoms with van der Waals surface area (Å²) in [6, 6.07) is 5.14. The van der Waals surface area contributed by atoms with E-state index in [-0.39, 0.29) is 41.9 Å². The molecule has 9 heteroatoms. The second-order valence-electron chi connectivity index (χ2n) is 6.53. The van der Waals surface area contributed by atoms with E-state index in [4.69, 9.17) is 9.47 Å². The molecule has 0 aliphatic heterocycles. The minimum atomic E-state index is -4.38. The van der Waals surface area contributed by atoms with E-state index in [1.807, 2.05) is 26.8 Å². The molecular formula is C18H29F3IN3O2. The number of aliphatic imine (C=N–C) groups is 1. The Morgan fingerprint density at radius 3 is 2.41 bits per heavy atom. The number of hydrogen-bond acceptors (Lipinski definition) is 3.